The van der Waals surface area contributed by atoms with E-state index in [2.05, 4.69) is 240 Å². The number of rotatable bonds is 8. The molecule has 2 atom stereocenters. The molecule has 3 aliphatic carbocycles. The molecule has 0 aliphatic heterocycles. The van der Waals surface area contributed by atoms with Gasteiger partial charge in [0.05, 0.1) is 11.4 Å². The predicted molar refractivity (Wildman–Crippen MR) is 289 cm³/mol. The van der Waals surface area contributed by atoms with E-state index in [1.165, 1.54) is 93.5 Å². The van der Waals surface area contributed by atoms with Gasteiger partial charge in [-0.2, -0.15) is 0 Å². The first-order chi connectivity index (χ1) is 33.7. The Kier molecular flexibility index (Phi) is 10.1. The maximum Gasteiger partial charge on any atom is 0.0620 e. The number of anilines is 4. The first-order valence-corrected chi connectivity index (χ1v) is 24.5. The van der Waals surface area contributed by atoms with Crippen molar-refractivity contribution in [3.8, 4) is 22.3 Å². The number of hydrogen-bond donors (Lipinski definition) is 0. The molecule has 2 heteroatoms. The number of hydrogen-bond acceptors (Lipinski definition) is 2. The molecule has 0 heterocycles. The van der Waals surface area contributed by atoms with Crippen LogP contribution in [0.25, 0.3) is 65.3 Å². The van der Waals surface area contributed by atoms with Gasteiger partial charge in [0.2, 0.25) is 0 Å². The molecule has 0 saturated heterocycles. The van der Waals surface area contributed by atoms with Crippen LogP contribution < -0.4 is 9.80 Å². The first-order valence-electron chi connectivity index (χ1n) is 24.5. The largest absolute Gasteiger partial charge is 0.341 e. The number of nitrogens with zero attached hydrogens (tertiary/aromatic N) is 2. The van der Waals surface area contributed by atoms with Crippen LogP contribution in [0.3, 0.4) is 0 Å². The van der Waals surface area contributed by atoms with Gasteiger partial charge in [-0.3, -0.25) is 0 Å². The SMILES string of the molecule is C1=CC2CC(N(c3c4ccc(-c5ccccc5)cc4c(N(c4ccc5ccccc5c4)c4ccc5ccccc5c4)c4ccc(-c5ccccc5)cc34)C3CCc4ccccc4C3)=CC=C2CC1. The van der Waals surface area contributed by atoms with E-state index in [0.29, 0.717) is 5.92 Å². The number of aryl methyl sites for hydroxylation is 1. The van der Waals surface area contributed by atoms with E-state index in [1.54, 1.807) is 5.57 Å². The molecule has 10 aromatic rings. The number of fused-ring (bicyclic) bond motifs is 6. The average Bonchev–Trinajstić information content (AvgIpc) is 3.41. The Morgan fingerprint density at radius 1 is 0.397 bits per heavy atom. The van der Waals surface area contributed by atoms with Gasteiger partial charge in [0, 0.05) is 50.6 Å². The second kappa shape index (κ2) is 17.0. The van der Waals surface area contributed by atoms with Crippen LogP contribution in [0.1, 0.15) is 36.8 Å². The van der Waals surface area contributed by atoms with Gasteiger partial charge in [0.25, 0.3) is 0 Å². The van der Waals surface area contributed by atoms with Crippen LogP contribution in [0.4, 0.5) is 22.7 Å². The van der Waals surface area contributed by atoms with E-state index < -0.39 is 0 Å². The summed E-state index contributed by atoms with van der Waals surface area (Å²) in [5.41, 5.74) is 15.5. The van der Waals surface area contributed by atoms with Crippen molar-refractivity contribution in [3.05, 3.63) is 253 Å². The lowest BCUT2D eigenvalue weighted by Crippen LogP contribution is -2.40. The highest BCUT2D eigenvalue weighted by molar-refractivity contribution is 6.23. The van der Waals surface area contributed by atoms with Gasteiger partial charge in [-0.1, -0.05) is 194 Å². The third-order valence-corrected chi connectivity index (χ3v) is 15.1. The quantitative estimate of drug-likeness (QED) is 0.0853. The fourth-order valence-corrected chi connectivity index (χ4v) is 11.7. The van der Waals surface area contributed by atoms with Crippen molar-refractivity contribution in [2.75, 3.05) is 9.80 Å². The highest BCUT2D eigenvalue weighted by Crippen LogP contribution is 2.52. The van der Waals surface area contributed by atoms with Crippen molar-refractivity contribution in [1.29, 1.82) is 0 Å². The summed E-state index contributed by atoms with van der Waals surface area (Å²) in [7, 11) is 0. The molecule has 0 aromatic heterocycles. The zero-order valence-corrected chi connectivity index (χ0v) is 38.2. The van der Waals surface area contributed by atoms with Crippen molar-refractivity contribution < 1.29 is 0 Å². The number of allylic oxidation sites excluding steroid dienone is 6. The highest BCUT2D eigenvalue weighted by atomic mass is 15.2. The minimum absolute atomic E-state index is 0.266. The molecular formula is C66H52N2. The van der Waals surface area contributed by atoms with Crippen LogP contribution in [0.5, 0.6) is 0 Å². The summed E-state index contributed by atoms with van der Waals surface area (Å²) in [6.07, 6.45) is 16.3. The van der Waals surface area contributed by atoms with E-state index in [9.17, 15) is 0 Å². The van der Waals surface area contributed by atoms with E-state index in [4.69, 9.17) is 0 Å². The summed E-state index contributed by atoms with van der Waals surface area (Å²) < 4.78 is 0. The standard InChI is InChI=1S/C66H52N2/c1-3-15-45(16-4-1)55-31-37-61-63(43-55)65(67(57-33-27-47-19-7-11-23-51(47)39-57)58-34-28-48-20-8-12-24-52(48)40-58)62-38-32-56(46-17-5-2-6-18-46)44-64(62)66(61)68(59-35-29-49-21-9-13-25-53(49)41-59)60-36-30-50-22-10-14-26-54(50)42-60/h1-9,11-21,23-28,30-34,36-40,43-44,54,59H,10,22,29,35,41-42H2. The van der Waals surface area contributed by atoms with E-state index >= 15 is 0 Å². The predicted octanol–water partition coefficient (Wildman–Crippen LogP) is 17.6. The molecule has 2 unspecified atom stereocenters. The maximum atomic E-state index is 2.84. The van der Waals surface area contributed by atoms with Crippen LogP contribution in [0.2, 0.25) is 0 Å². The van der Waals surface area contributed by atoms with Gasteiger partial charge in [-0.25, -0.2) is 0 Å². The first kappa shape index (κ1) is 40.3. The molecule has 0 radical (unpaired) electrons. The zero-order chi connectivity index (χ0) is 45.0. The molecule has 2 nitrogen and oxygen atoms in total. The van der Waals surface area contributed by atoms with E-state index in [-0.39, 0.29) is 6.04 Å². The Balaban J connectivity index is 1.16. The van der Waals surface area contributed by atoms with Crippen LogP contribution in [-0.2, 0) is 12.8 Å². The summed E-state index contributed by atoms with van der Waals surface area (Å²) in [5.74, 6) is 0.416. The molecule has 3 aliphatic rings. The molecule has 10 aromatic carbocycles. The molecule has 13 rings (SSSR count). The van der Waals surface area contributed by atoms with Crippen molar-refractivity contribution in [2.24, 2.45) is 5.92 Å². The lowest BCUT2D eigenvalue weighted by molar-refractivity contribution is 0.531. The number of benzene rings is 10. The highest BCUT2D eigenvalue weighted by Gasteiger charge is 2.34. The second-order valence-corrected chi connectivity index (χ2v) is 19.1. The van der Waals surface area contributed by atoms with Crippen molar-refractivity contribution >= 4 is 65.8 Å². The summed E-state index contributed by atoms with van der Waals surface area (Å²) in [6.45, 7) is 0. The van der Waals surface area contributed by atoms with Gasteiger partial charge in [0.15, 0.2) is 0 Å². The van der Waals surface area contributed by atoms with Crippen LogP contribution in [-0.4, -0.2) is 6.04 Å². The molecular weight excluding hydrogens is 821 g/mol. The fourth-order valence-electron chi connectivity index (χ4n) is 11.7. The zero-order valence-electron chi connectivity index (χ0n) is 38.2. The monoisotopic (exact) mass is 872 g/mol. The topological polar surface area (TPSA) is 6.48 Å². The van der Waals surface area contributed by atoms with Crippen molar-refractivity contribution in [3.63, 3.8) is 0 Å². The van der Waals surface area contributed by atoms with Crippen molar-refractivity contribution in [2.45, 2.75) is 44.6 Å². The summed E-state index contributed by atoms with van der Waals surface area (Å²) in [4.78, 5) is 5.40. The van der Waals surface area contributed by atoms with Gasteiger partial charge < -0.3 is 9.80 Å². The molecule has 0 saturated carbocycles. The molecule has 0 bridgehead atoms. The third-order valence-electron chi connectivity index (χ3n) is 15.1. The minimum atomic E-state index is 0.266. The van der Waals surface area contributed by atoms with Crippen LogP contribution in [0, 0.1) is 5.92 Å². The van der Waals surface area contributed by atoms with Crippen molar-refractivity contribution in [1.82, 2.24) is 0 Å². The molecule has 326 valence electrons. The molecule has 0 amide bonds. The van der Waals surface area contributed by atoms with Gasteiger partial charge >= 0.3 is 0 Å². The second-order valence-electron chi connectivity index (χ2n) is 19.1. The lowest BCUT2D eigenvalue weighted by Gasteiger charge is -2.42. The third kappa shape index (κ3) is 7.20. The Hall–Kier alpha value is -7.94. The summed E-state index contributed by atoms with van der Waals surface area (Å²) in [5, 5.41) is 9.88. The summed E-state index contributed by atoms with van der Waals surface area (Å²) in [6, 6.07) is 77.5. The average molecular weight is 873 g/mol. The molecule has 68 heavy (non-hydrogen) atoms. The Labute approximate surface area is 399 Å². The summed E-state index contributed by atoms with van der Waals surface area (Å²) >= 11 is 0. The molecule has 0 spiro atoms. The van der Waals surface area contributed by atoms with E-state index in [1.807, 2.05) is 0 Å². The molecule has 0 N–H and O–H groups in total. The Bertz CT molecular complexity index is 3570. The van der Waals surface area contributed by atoms with Crippen LogP contribution in [0.15, 0.2) is 242 Å². The van der Waals surface area contributed by atoms with Crippen LogP contribution >= 0.6 is 0 Å². The molecule has 0 fully saturated rings. The minimum Gasteiger partial charge on any atom is -0.341 e. The Morgan fingerprint density at radius 2 is 0.956 bits per heavy atom. The van der Waals surface area contributed by atoms with Gasteiger partial charge in [-0.05, 0) is 136 Å². The Morgan fingerprint density at radius 3 is 1.60 bits per heavy atom. The van der Waals surface area contributed by atoms with Gasteiger partial charge in [-0.15, -0.1) is 0 Å². The van der Waals surface area contributed by atoms with Gasteiger partial charge in [0.1, 0.15) is 0 Å². The van der Waals surface area contributed by atoms with E-state index in [0.717, 1.165) is 49.9 Å². The smallest absolute Gasteiger partial charge is 0.0620 e. The normalized spacial score (nSPS) is 16.6. The maximum absolute atomic E-state index is 2.84. The fraction of sp³-hybridized carbons (Fsp3) is 0.121. The lowest BCUT2D eigenvalue weighted by atomic mass is 9.81.